The van der Waals surface area contributed by atoms with E-state index < -0.39 is 49.8 Å². The maximum atomic E-state index is 11.3. The van der Waals surface area contributed by atoms with Crippen molar-refractivity contribution in [2.24, 2.45) is 0 Å². The van der Waals surface area contributed by atoms with E-state index in [-0.39, 0.29) is 21.1 Å². The Morgan fingerprint density at radius 3 is 0.522 bits per heavy atom. The third-order valence-electron chi connectivity index (χ3n) is 2.16. The molecule has 23 heavy (non-hydrogen) atoms. The first-order valence-electron chi connectivity index (χ1n) is 4.68. The van der Waals surface area contributed by atoms with Crippen LogP contribution in [0, 0.1) is 0 Å². The Morgan fingerprint density at radius 2 is 0.522 bits per heavy atom. The summed E-state index contributed by atoms with van der Waals surface area (Å²) in [5.41, 5.74) is -9.75. The molecule has 0 aliphatic carbocycles. The molecule has 0 rings (SSSR count). The number of halogens is 12. The van der Waals surface area contributed by atoms with E-state index in [2.05, 4.69) is 0 Å². The number of alkyl halides is 12. The van der Waals surface area contributed by atoms with Gasteiger partial charge in [0.25, 0.3) is 0 Å². The van der Waals surface area contributed by atoms with Crippen LogP contribution in [0.3, 0.4) is 0 Å². The van der Waals surface area contributed by atoms with Crippen LogP contribution in [0.15, 0.2) is 0 Å². The molecule has 0 saturated carbocycles. The van der Waals surface area contributed by atoms with Crippen molar-refractivity contribution in [1.82, 2.24) is 0 Å². The first kappa shape index (κ1) is 27.6. The average molecular weight is 458 g/mol. The fourth-order valence-electron chi connectivity index (χ4n) is 0.321. The van der Waals surface area contributed by atoms with Crippen LogP contribution in [0.4, 0.5) is 52.7 Å². The predicted octanol–water partition coefficient (Wildman–Crippen LogP) is 2.46. The molecule has 0 fully saturated rings. The second kappa shape index (κ2) is 7.34. The van der Waals surface area contributed by atoms with E-state index in [0.29, 0.717) is 0 Å². The topological polar surface area (TPSA) is 46.1 Å². The summed E-state index contributed by atoms with van der Waals surface area (Å²) >= 11 is 0. The van der Waals surface area contributed by atoms with Gasteiger partial charge >= 0.3 is 45.8 Å². The fourth-order valence-corrected chi connectivity index (χ4v) is 0.321. The molecule has 0 aliphatic heterocycles. The van der Waals surface area contributed by atoms with Crippen molar-refractivity contribution in [3.05, 3.63) is 0 Å². The predicted molar refractivity (Wildman–Crippen MR) is 41.0 cm³/mol. The van der Waals surface area contributed by atoms with Gasteiger partial charge in [-0.15, -0.1) is 0 Å². The minimum atomic E-state index is -5.80. The Bertz CT molecular complexity index is 293. The maximum absolute atomic E-state index is 11.3. The van der Waals surface area contributed by atoms with Gasteiger partial charge in [0, 0.05) is 0 Å². The van der Waals surface area contributed by atoms with E-state index in [1.165, 1.54) is 0 Å². The molecule has 0 atom stereocenters. The first-order valence-corrected chi connectivity index (χ1v) is 4.68. The van der Waals surface area contributed by atoms with Gasteiger partial charge in [-0.3, -0.25) is 0 Å². The Morgan fingerprint density at radius 1 is 0.435 bits per heavy atom. The van der Waals surface area contributed by atoms with Gasteiger partial charge in [0.05, 0.1) is 11.2 Å². The van der Waals surface area contributed by atoms with E-state index in [1.54, 1.807) is 0 Å². The molecule has 0 heterocycles. The molecule has 0 amide bonds. The van der Waals surface area contributed by atoms with Crippen LogP contribution in [0.25, 0.3) is 0 Å². The van der Waals surface area contributed by atoms with Gasteiger partial charge in [-0.1, -0.05) is 13.8 Å². The van der Waals surface area contributed by atoms with Crippen molar-refractivity contribution in [2.45, 2.75) is 49.8 Å². The zero-order valence-corrected chi connectivity index (χ0v) is 12.8. The molecule has 2 nitrogen and oxygen atoms in total. The van der Waals surface area contributed by atoms with E-state index >= 15 is 0 Å². The molecule has 15 heteroatoms. The van der Waals surface area contributed by atoms with Gasteiger partial charge < -0.3 is 10.2 Å². The molecule has 0 aromatic rings. The van der Waals surface area contributed by atoms with Gasteiger partial charge in [0.2, 0.25) is 0 Å². The van der Waals surface area contributed by atoms with Gasteiger partial charge in [0.1, 0.15) is 0 Å². The van der Waals surface area contributed by atoms with Crippen molar-refractivity contribution in [1.29, 1.82) is 0 Å². The number of hydrogen-bond acceptors (Lipinski definition) is 2. The number of rotatable bonds is 0. The normalized spacial score (nSPS) is 14.6. The molecule has 0 radical (unpaired) electrons. The van der Waals surface area contributed by atoms with Crippen molar-refractivity contribution >= 4 is 0 Å². The molecule has 0 spiro atoms. The van der Waals surface area contributed by atoms with Crippen LogP contribution in [0.2, 0.25) is 0 Å². The smallest absolute Gasteiger partial charge is 0.837 e. The fraction of sp³-hybridized carbons (Fsp3) is 1.00. The molecule has 138 valence electrons. The van der Waals surface area contributed by atoms with Crippen molar-refractivity contribution in [3.8, 4) is 0 Å². The molecule has 0 aromatic carbocycles. The molecular formula is C8H6F12MoO2+2. The summed E-state index contributed by atoms with van der Waals surface area (Å²) in [6.45, 7) is -0.903. The Balaban J connectivity index is -0.000000333. The zero-order valence-electron chi connectivity index (χ0n) is 10.8. The van der Waals surface area contributed by atoms with Crippen LogP contribution in [-0.4, -0.2) is 35.9 Å². The van der Waals surface area contributed by atoms with Gasteiger partial charge in [-0.2, -0.15) is 52.7 Å². The SMILES string of the molecule is CC([O-])(C(F)(F)F)C(F)(F)F.CC([O-])(C(F)(F)F)C(F)(F)F.[Mo+4]. The first-order chi connectivity index (χ1) is 9.00. The second-order valence-corrected chi connectivity index (χ2v) is 4.06. The molecule has 0 bridgehead atoms. The second-order valence-electron chi connectivity index (χ2n) is 4.06. The third-order valence-corrected chi connectivity index (χ3v) is 2.16. The van der Waals surface area contributed by atoms with Crippen LogP contribution in [-0.2, 0) is 21.1 Å². The Kier molecular flexibility index (Phi) is 8.81. The van der Waals surface area contributed by atoms with E-state index in [9.17, 15) is 62.9 Å². The van der Waals surface area contributed by atoms with Crippen LogP contribution >= 0.6 is 0 Å². The summed E-state index contributed by atoms with van der Waals surface area (Å²) in [6.07, 6.45) is -23.2. The van der Waals surface area contributed by atoms with Crippen molar-refractivity contribution in [2.75, 3.05) is 0 Å². The zero-order chi connectivity index (χ0) is 19.0. The summed E-state index contributed by atoms with van der Waals surface area (Å²) < 4.78 is 136. The van der Waals surface area contributed by atoms with Crippen LogP contribution < -0.4 is 10.2 Å². The summed E-state index contributed by atoms with van der Waals surface area (Å²) in [4.78, 5) is 0. The number of hydrogen-bond donors (Lipinski definition) is 0. The standard InChI is InChI=1S/2C4H3F6O.Mo/c2*1-2(11,3(5,6)7)4(8,9)10;/h2*1H3;/q2*-1;+4. The molecule has 0 aliphatic rings. The van der Waals surface area contributed by atoms with Gasteiger partial charge in [-0.05, 0) is 0 Å². The largest absolute Gasteiger partial charge is 4.00 e. The summed E-state index contributed by atoms with van der Waals surface area (Å²) in [5, 5.41) is 19.8. The molecule has 0 aromatic heterocycles. The average Bonchev–Trinajstić information content (AvgIpc) is 2.10. The van der Waals surface area contributed by atoms with Crippen LogP contribution in [0.1, 0.15) is 13.8 Å². The minimum absolute atomic E-state index is 0. The maximum Gasteiger partial charge on any atom is 4.00 e. The summed E-state index contributed by atoms with van der Waals surface area (Å²) in [6, 6.07) is 0. The molecule has 0 saturated heterocycles. The van der Waals surface area contributed by atoms with Crippen molar-refractivity contribution in [3.63, 3.8) is 0 Å². The monoisotopic (exact) mass is 460 g/mol. The Hall–Kier alpha value is -0.232. The van der Waals surface area contributed by atoms with E-state index in [1.807, 2.05) is 0 Å². The van der Waals surface area contributed by atoms with Gasteiger partial charge in [0.15, 0.2) is 0 Å². The molecule has 0 N–H and O–H groups in total. The summed E-state index contributed by atoms with van der Waals surface area (Å²) in [7, 11) is 0. The van der Waals surface area contributed by atoms with Crippen molar-refractivity contribution < 1.29 is 84.0 Å². The molecular weight excluding hydrogens is 452 g/mol. The quantitative estimate of drug-likeness (QED) is 0.414. The third kappa shape index (κ3) is 6.65. The Labute approximate surface area is 134 Å². The summed E-state index contributed by atoms with van der Waals surface area (Å²) in [5.74, 6) is 0. The minimum Gasteiger partial charge on any atom is -0.837 e. The van der Waals surface area contributed by atoms with E-state index in [4.69, 9.17) is 0 Å². The van der Waals surface area contributed by atoms with Crippen LogP contribution in [0.5, 0.6) is 0 Å². The van der Waals surface area contributed by atoms with Gasteiger partial charge in [-0.25, -0.2) is 0 Å². The van der Waals surface area contributed by atoms with E-state index in [0.717, 1.165) is 0 Å². The molecule has 0 unspecified atom stereocenters.